The molecule has 0 saturated carbocycles. The van der Waals surface area contributed by atoms with Crippen molar-refractivity contribution in [3.05, 3.63) is 35.5 Å². The number of benzene rings is 1. The summed E-state index contributed by atoms with van der Waals surface area (Å²) in [5, 5.41) is 0.831. The van der Waals surface area contributed by atoms with Gasteiger partial charge in [-0.1, -0.05) is 23.4 Å². The fourth-order valence-corrected chi connectivity index (χ4v) is 3.78. The molecule has 0 aliphatic carbocycles. The molecule has 0 radical (unpaired) electrons. The maximum atomic E-state index is 11.7. The van der Waals surface area contributed by atoms with Crippen molar-refractivity contribution in [3.8, 4) is 5.75 Å². The molecule has 8 nitrogen and oxygen atoms in total. The summed E-state index contributed by atoms with van der Waals surface area (Å²) in [7, 11) is 1.67. The highest BCUT2D eigenvalue weighted by Gasteiger charge is 2.20. The number of nitrogens with one attached hydrogen (secondary N) is 1. The third-order valence-corrected chi connectivity index (χ3v) is 5.41. The number of ether oxygens (including phenoxy) is 1. The van der Waals surface area contributed by atoms with Crippen LogP contribution < -0.4 is 20.0 Å². The number of anilines is 2. The Morgan fingerprint density at radius 3 is 2.52 bits per heavy atom. The smallest absolute Gasteiger partial charge is 0.254 e. The fourth-order valence-electron chi connectivity index (χ4n) is 2.91. The molecule has 2 heterocycles. The van der Waals surface area contributed by atoms with Gasteiger partial charge in [0.15, 0.2) is 5.16 Å². The fraction of sp³-hybridized carbons (Fsp3) is 0.421. The average molecular weight is 438 g/mol. The summed E-state index contributed by atoms with van der Waals surface area (Å²) in [4.78, 5) is 29.9. The van der Waals surface area contributed by atoms with Crippen LogP contribution in [-0.2, 0) is 9.63 Å². The maximum absolute atomic E-state index is 11.7. The van der Waals surface area contributed by atoms with Gasteiger partial charge in [-0.05, 0) is 31.2 Å². The molecular weight excluding hydrogens is 414 g/mol. The molecule has 1 aromatic carbocycles. The molecule has 3 rings (SSSR count). The molecule has 1 aliphatic heterocycles. The lowest BCUT2D eigenvalue weighted by Gasteiger charge is -2.36. The molecule has 1 saturated heterocycles. The van der Waals surface area contributed by atoms with Crippen LogP contribution >= 0.6 is 23.4 Å². The second-order valence-corrected chi connectivity index (χ2v) is 7.58. The molecule has 1 aromatic heterocycles. The number of carbonyl (C=O) groups excluding carboxylic acids is 1. The van der Waals surface area contributed by atoms with Crippen LogP contribution in [0.15, 0.2) is 35.5 Å². The van der Waals surface area contributed by atoms with Gasteiger partial charge in [-0.15, -0.1) is 0 Å². The van der Waals surface area contributed by atoms with Crippen LogP contribution in [0.2, 0.25) is 5.15 Å². The van der Waals surface area contributed by atoms with E-state index in [-0.39, 0.29) is 11.7 Å². The van der Waals surface area contributed by atoms with Gasteiger partial charge in [-0.3, -0.25) is 9.63 Å². The molecule has 2 aromatic rings. The first-order valence-electron chi connectivity index (χ1n) is 9.31. The normalized spacial score (nSPS) is 14.0. The highest BCUT2D eigenvalue weighted by atomic mass is 35.5. The largest absolute Gasteiger partial charge is 0.497 e. The van der Waals surface area contributed by atoms with Gasteiger partial charge in [-0.25, -0.2) is 15.4 Å². The molecule has 0 bridgehead atoms. The van der Waals surface area contributed by atoms with Gasteiger partial charge in [0.25, 0.3) is 5.91 Å². The van der Waals surface area contributed by atoms with Crippen LogP contribution in [0, 0.1) is 0 Å². The number of halogens is 1. The van der Waals surface area contributed by atoms with E-state index >= 15 is 0 Å². The predicted octanol–water partition coefficient (Wildman–Crippen LogP) is 2.63. The number of rotatable bonds is 8. The number of carbonyl (C=O) groups is 1. The van der Waals surface area contributed by atoms with Crippen LogP contribution in [0.1, 0.15) is 6.92 Å². The molecule has 0 unspecified atom stereocenters. The van der Waals surface area contributed by atoms with Gasteiger partial charge in [-0.2, -0.15) is 0 Å². The number of thioether (sulfide) groups is 1. The van der Waals surface area contributed by atoms with Crippen LogP contribution in [0.5, 0.6) is 5.75 Å². The SMILES string of the molecule is CCONC(=O)CSc1nc(Cl)cc(N2CCN(c3ccc(OC)cc3)CC2)n1. The number of aromatic nitrogens is 2. The summed E-state index contributed by atoms with van der Waals surface area (Å²) in [6.07, 6.45) is 0. The van der Waals surface area contributed by atoms with E-state index in [1.165, 1.54) is 17.4 Å². The zero-order valence-electron chi connectivity index (χ0n) is 16.4. The predicted molar refractivity (Wildman–Crippen MR) is 115 cm³/mol. The van der Waals surface area contributed by atoms with E-state index in [2.05, 4.69) is 37.4 Å². The third kappa shape index (κ3) is 6.12. The number of nitrogens with zero attached hydrogens (tertiary/aromatic N) is 4. The van der Waals surface area contributed by atoms with Crippen molar-refractivity contribution in [2.45, 2.75) is 12.1 Å². The standard InChI is InChI=1S/C19H24ClN5O3S/c1-3-28-23-18(26)13-29-19-21-16(20)12-17(22-19)25-10-8-24(9-11-25)14-4-6-15(27-2)7-5-14/h4-7,12H,3,8-11,13H2,1-2H3,(H,23,26). The molecule has 1 fully saturated rings. The van der Waals surface area contributed by atoms with Gasteiger partial charge >= 0.3 is 0 Å². The lowest BCUT2D eigenvalue weighted by molar-refractivity contribution is -0.130. The zero-order chi connectivity index (χ0) is 20.6. The number of piperazine rings is 1. The van der Waals surface area contributed by atoms with Gasteiger partial charge in [0.2, 0.25) is 0 Å². The van der Waals surface area contributed by atoms with Crippen LogP contribution in [0.4, 0.5) is 11.5 Å². The van der Waals surface area contributed by atoms with E-state index in [1.54, 1.807) is 20.1 Å². The zero-order valence-corrected chi connectivity index (χ0v) is 18.0. The van der Waals surface area contributed by atoms with Crippen molar-refractivity contribution in [1.29, 1.82) is 0 Å². The number of hydrogen-bond acceptors (Lipinski definition) is 8. The van der Waals surface area contributed by atoms with E-state index in [4.69, 9.17) is 21.2 Å². The monoisotopic (exact) mass is 437 g/mol. The van der Waals surface area contributed by atoms with Gasteiger partial charge in [0, 0.05) is 37.9 Å². The van der Waals surface area contributed by atoms with Crippen molar-refractivity contribution < 1.29 is 14.4 Å². The highest BCUT2D eigenvalue weighted by molar-refractivity contribution is 7.99. The average Bonchev–Trinajstić information content (AvgIpc) is 2.76. The first-order valence-corrected chi connectivity index (χ1v) is 10.7. The maximum Gasteiger partial charge on any atom is 0.254 e. The molecule has 0 spiro atoms. The van der Waals surface area contributed by atoms with Crippen LogP contribution in [-0.4, -0.2) is 61.5 Å². The van der Waals surface area contributed by atoms with Crippen molar-refractivity contribution in [1.82, 2.24) is 15.4 Å². The van der Waals surface area contributed by atoms with E-state index < -0.39 is 0 Å². The van der Waals surface area contributed by atoms with Crippen molar-refractivity contribution in [3.63, 3.8) is 0 Å². The topological polar surface area (TPSA) is 79.8 Å². The molecule has 29 heavy (non-hydrogen) atoms. The highest BCUT2D eigenvalue weighted by Crippen LogP contribution is 2.25. The Kier molecular flexibility index (Phi) is 7.79. The molecule has 156 valence electrons. The summed E-state index contributed by atoms with van der Waals surface area (Å²) < 4.78 is 5.22. The van der Waals surface area contributed by atoms with Crippen molar-refractivity contribution >= 4 is 40.8 Å². The van der Waals surface area contributed by atoms with E-state index in [1.807, 2.05) is 12.1 Å². The summed E-state index contributed by atoms with van der Waals surface area (Å²) >= 11 is 7.41. The summed E-state index contributed by atoms with van der Waals surface area (Å²) in [5.74, 6) is 1.54. The number of hydroxylamine groups is 1. The minimum atomic E-state index is -0.241. The van der Waals surface area contributed by atoms with Crippen molar-refractivity contribution in [2.24, 2.45) is 0 Å². The quantitative estimate of drug-likeness (QED) is 0.292. The summed E-state index contributed by atoms with van der Waals surface area (Å²) in [5.41, 5.74) is 3.52. The van der Waals surface area contributed by atoms with E-state index in [0.29, 0.717) is 16.9 Å². The molecular formula is C19H24ClN5O3S. The molecule has 1 N–H and O–H groups in total. The molecule has 1 aliphatic rings. The Bertz CT molecular complexity index is 816. The van der Waals surface area contributed by atoms with Crippen molar-refractivity contribution in [2.75, 3.05) is 55.4 Å². The van der Waals surface area contributed by atoms with Gasteiger partial charge in [0.1, 0.15) is 16.7 Å². The number of methoxy groups -OCH3 is 1. The number of amides is 1. The molecule has 1 amide bonds. The van der Waals surface area contributed by atoms with Crippen LogP contribution in [0.25, 0.3) is 0 Å². The summed E-state index contributed by atoms with van der Waals surface area (Å²) in [6, 6.07) is 9.83. The Hall–Kier alpha value is -2.23. The summed E-state index contributed by atoms with van der Waals surface area (Å²) in [6.45, 7) is 5.58. The van der Waals surface area contributed by atoms with Gasteiger partial charge in [0.05, 0.1) is 19.5 Å². The Balaban J connectivity index is 1.58. The van der Waals surface area contributed by atoms with Gasteiger partial charge < -0.3 is 14.5 Å². The Morgan fingerprint density at radius 2 is 1.86 bits per heavy atom. The number of hydrogen-bond donors (Lipinski definition) is 1. The first-order chi connectivity index (χ1) is 14.1. The molecule has 10 heteroatoms. The lowest BCUT2D eigenvalue weighted by atomic mass is 10.2. The van der Waals surface area contributed by atoms with Crippen LogP contribution in [0.3, 0.4) is 0 Å². The second kappa shape index (κ2) is 10.5. The third-order valence-electron chi connectivity index (χ3n) is 4.36. The Morgan fingerprint density at radius 1 is 1.17 bits per heavy atom. The first kappa shape index (κ1) is 21.5. The minimum Gasteiger partial charge on any atom is -0.497 e. The van der Waals surface area contributed by atoms with E-state index in [9.17, 15) is 4.79 Å². The molecule has 0 atom stereocenters. The van der Waals surface area contributed by atoms with E-state index in [0.717, 1.165) is 37.7 Å². The lowest BCUT2D eigenvalue weighted by Crippen LogP contribution is -2.46. The Labute approximate surface area is 179 Å². The second-order valence-electron chi connectivity index (χ2n) is 6.25. The minimum absolute atomic E-state index is 0.158.